The van der Waals surface area contributed by atoms with E-state index in [0.29, 0.717) is 12.8 Å². The molecule has 0 aromatic heterocycles. The zero-order chi connectivity index (χ0) is 64.0. The number of nitrogens with one attached hydrogen (secondary N) is 1. The molecule has 0 aliphatic carbocycles. The highest BCUT2D eigenvalue weighted by molar-refractivity contribution is 5.76. The maximum Gasteiger partial charge on any atom is 0.220 e. The van der Waals surface area contributed by atoms with E-state index in [1.807, 2.05) is 6.08 Å². The Bertz CT molecular complexity index is 1790. The summed E-state index contributed by atoms with van der Waals surface area (Å²) in [4.78, 5) is 13.4. The van der Waals surface area contributed by atoms with Crippen LogP contribution in [0.1, 0.15) is 251 Å². The van der Waals surface area contributed by atoms with E-state index < -0.39 is 124 Å². The van der Waals surface area contributed by atoms with Crippen LogP contribution in [0.15, 0.2) is 48.6 Å². The van der Waals surface area contributed by atoms with Gasteiger partial charge in [0.25, 0.3) is 0 Å². The molecule has 19 heteroatoms. The van der Waals surface area contributed by atoms with Crippen molar-refractivity contribution in [3.8, 4) is 0 Å². The van der Waals surface area contributed by atoms with Gasteiger partial charge in [0.15, 0.2) is 18.9 Å². The smallest absolute Gasteiger partial charge is 0.220 e. The Labute approximate surface area is 529 Å². The van der Waals surface area contributed by atoms with E-state index in [1.165, 1.54) is 154 Å². The number of aliphatic hydroxyl groups is 11. The third-order valence-electron chi connectivity index (χ3n) is 17.3. The van der Waals surface area contributed by atoms with Crippen LogP contribution in [-0.4, -0.2) is 193 Å². The fourth-order valence-electron chi connectivity index (χ4n) is 11.6. The van der Waals surface area contributed by atoms with Gasteiger partial charge in [0.05, 0.1) is 38.6 Å². The molecule has 3 fully saturated rings. The minimum atomic E-state index is -1.98. The number of hydrogen-bond donors (Lipinski definition) is 12. The first-order valence-corrected chi connectivity index (χ1v) is 34.9. The van der Waals surface area contributed by atoms with Gasteiger partial charge in [-0.3, -0.25) is 4.79 Å². The number of carbonyl (C=O) groups excluding carboxylic acids is 1. The van der Waals surface area contributed by atoms with Crippen molar-refractivity contribution in [1.29, 1.82) is 0 Å². The average Bonchev–Trinajstić information content (AvgIpc) is 3.72. The van der Waals surface area contributed by atoms with Crippen LogP contribution < -0.4 is 5.32 Å². The van der Waals surface area contributed by atoms with Gasteiger partial charge in [0, 0.05) is 6.42 Å². The number of aliphatic hydroxyl groups excluding tert-OH is 11. The molecule has 88 heavy (non-hydrogen) atoms. The molecule has 3 aliphatic rings. The molecule has 0 radical (unpaired) electrons. The van der Waals surface area contributed by atoms with Gasteiger partial charge >= 0.3 is 0 Å². The number of allylic oxidation sites excluding steroid dienone is 7. The molecule has 0 spiro atoms. The maximum atomic E-state index is 13.4. The number of ether oxygens (including phenoxy) is 6. The maximum absolute atomic E-state index is 13.4. The van der Waals surface area contributed by atoms with E-state index in [-0.39, 0.29) is 18.9 Å². The Morgan fingerprint density at radius 2 is 0.761 bits per heavy atom. The van der Waals surface area contributed by atoms with Crippen molar-refractivity contribution >= 4 is 5.91 Å². The lowest BCUT2D eigenvalue weighted by Gasteiger charge is -2.48. The van der Waals surface area contributed by atoms with Crippen LogP contribution >= 0.6 is 0 Å². The van der Waals surface area contributed by atoms with E-state index in [0.717, 1.165) is 64.2 Å². The zero-order valence-corrected chi connectivity index (χ0v) is 54.2. The van der Waals surface area contributed by atoms with Gasteiger partial charge in [-0.05, 0) is 64.2 Å². The number of hydrogen-bond acceptors (Lipinski definition) is 18. The summed E-state index contributed by atoms with van der Waals surface area (Å²) in [6.07, 6.45) is 33.8. The van der Waals surface area contributed by atoms with Crippen LogP contribution in [0.3, 0.4) is 0 Å². The molecule has 514 valence electrons. The number of unbranched alkanes of at least 4 members (excludes halogenated alkanes) is 31. The fourth-order valence-corrected chi connectivity index (χ4v) is 11.6. The van der Waals surface area contributed by atoms with Gasteiger partial charge in [0.1, 0.15) is 73.2 Å². The van der Waals surface area contributed by atoms with Crippen molar-refractivity contribution in [2.24, 2.45) is 0 Å². The first kappa shape index (κ1) is 80.0. The highest BCUT2D eigenvalue weighted by atomic mass is 16.8. The van der Waals surface area contributed by atoms with Gasteiger partial charge in [-0.2, -0.15) is 0 Å². The molecule has 19 nitrogen and oxygen atoms in total. The monoisotopic (exact) mass is 1260 g/mol. The normalized spacial score (nSPS) is 28.7. The fraction of sp³-hybridized carbons (Fsp3) is 0.870. The van der Waals surface area contributed by atoms with E-state index >= 15 is 0 Å². The van der Waals surface area contributed by atoms with E-state index in [9.17, 15) is 61.0 Å². The second kappa shape index (κ2) is 51.2. The highest BCUT2D eigenvalue weighted by Gasteiger charge is 2.53. The minimum absolute atomic E-state index is 0.219. The number of amides is 1. The quantitative estimate of drug-likeness (QED) is 0.0200. The third kappa shape index (κ3) is 33.0. The number of rotatable bonds is 53. The summed E-state index contributed by atoms with van der Waals surface area (Å²) in [7, 11) is 0. The van der Waals surface area contributed by atoms with Crippen LogP contribution in [0.5, 0.6) is 0 Å². The molecule has 0 bridgehead atoms. The van der Waals surface area contributed by atoms with E-state index in [2.05, 4.69) is 55.6 Å². The van der Waals surface area contributed by atoms with Gasteiger partial charge in [-0.25, -0.2) is 0 Å². The van der Waals surface area contributed by atoms with E-state index in [1.54, 1.807) is 6.08 Å². The SMILES string of the molecule is CCCCCC/C=C\C/C=C\CCCCCCCC(=O)NC(COC1OC(CO)C(OC2OC(CO)C(OC3OC(CO)C(O)C(O)C3O)C(O)C2O)C(O)C1O)C(O)/C=C/CC/C=C/CCCCCCCCCCCCCCCCCCCCCCC. The van der Waals surface area contributed by atoms with Crippen molar-refractivity contribution in [1.82, 2.24) is 5.32 Å². The lowest BCUT2D eigenvalue weighted by molar-refractivity contribution is -0.379. The van der Waals surface area contributed by atoms with Crippen LogP contribution in [-0.2, 0) is 33.2 Å². The molecule has 3 aliphatic heterocycles. The Hall–Kier alpha value is -2.25. The molecular weight excluding hydrogens is 1130 g/mol. The predicted octanol–water partition coefficient (Wildman–Crippen LogP) is 9.00. The molecule has 0 aromatic carbocycles. The van der Waals surface area contributed by atoms with Gasteiger partial charge in [0.2, 0.25) is 5.91 Å². The molecule has 17 unspecified atom stereocenters. The zero-order valence-electron chi connectivity index (χ0n) is 54.2. The van der Waals surface area contributed by atoms with Crippen molar-refractivity contribution < 1.29 is 89.4 Å². The molecule has 1 amide bonds. The summed E-state index contributed by atoms with van der Waals surface area (Å²) < 4.78 is 34.3. The first-order valence-electron chi connectivity index (χ1n) is 34.9. The largest absolute Gasteiger partial charge is 0.394 e. The van der Waals surface area contributed by atoms with Crippen LogP contribution in [0, 0.1) is 0 Å². The van der Waals surface area contributed by atoms with Crippen LogP contribution in [0.25, 0.3) is 0 Å². The third-order valence-corrected chi connectivity index (χ3v) is 17.3. The lowest BCUT2D eigenvalue weighted by atomic mass is 9.96. The van der Waals surface area contributed by atoms with Crippen LogP contribution in [0.2, 0.25) is 0 Å². The molecule has 3 saturated heterocycles. The number of carbonyl (C=O) groups is 1. The molecule has 0 aromatic rings. The summed E-state index contributed by atoms with van der Waals surface area (Å²) in [6.45, 7) is 1.70. The van der Waals surface area contributed by atoms with Crippen LogP contribution in [0.4, 0.5) is 0 Å². The average molecular weight is 1260 g/mol. The van der Waals surface area contributed by atoms with Crippen molar-refractivity contribution in [3.05, 3.63) is 48.6 Å². The summed E-state index contributed by atoms with van der Waals surface area (Å²) in [5, 5.41) is 120. The summed E-state index contributed by atoms with van der Waals surface area (Å²) in [5.74, 6) is -0.298. The lowest BCUT2D eigenvalue weighted by Crippen LogP contribution is -2.66. The minimum Gasteiger partial charge on any atom is -0.394 e. The summed E-state index contributed by atoms with van der Waals surface area (Å²) >= 11 is 0. The predicted molar refractivity (Wildman–Crippen MR) is 342 cm³/mol. The second-order valence-corrected chi connectivity index (χ2v) is 25.0. The van der Waals surface area contributed by atoms with E-state index in [4.69, 9.17) is 28.4 Å². The molecule has 12 N–H and O–H groups in total. The Balaban J connectivity index is 1.44. The molecule has 17 atom stereocenters. The Morgan fingerprint density at radius 1 is 0.409 bits per heavy atom. The van der Waals surface area contributed by atoms with Crippen molar-refractivity contribution in [3.63, 3.8) is 0 Å². The first-order chi connectivity index (χ1) is 42.8. The molecule has 0 saturated carbocycles. The second-order valence-electron chi connectivity index (χ2n) is 25.0. The van der Waals surface area contributed by atoms with Crippen molar-refractivity contribution in [2.75, 3.05) is 26.4 Å². The molecule has 3 rings (SSSR count). The Morgan fingerprint density at radius 3 is 1.22 bits per heavy atom. The molecule has 3 heterocycles. The highest BCUT2D eigenvalue weighted by Crippen LogP contribution is 2.33. The van der Waals surface area contributed by atoms with Gasteiger partial charge in [-0.1, -0.05) is 229 Å². The van der Waals surface area contributed by atoms with Gasteiger partial charge < -0.3 is 89.9 Å². The molecular formula is C69H125NO18. The van der Waals surface area contributed by atoms with Crippen molar-refractivity contribution in [2.45, 2.75) is 356 Å². The standard InChI is InChI=1S/C69H125NO18/c1-3-5-7-9-11-13-15-17-19-21-22-23-24-25-26-27-28-29-30-31-32-34-36-38-40-42-44-46-53(74)52(70-57(75)47-45-43-41-39-37-35-33-20-18-16-14-12-10-8-6-4-2)51-83-67-63(81)60(78)65(55(49-72)85-67)88-69-64(82)61(79)66(56(50-73)86-69)87-68-62(80)59(77)58(76)54(48-71)84-68/h14,16,20,33,36,38,44,46,52-56,58-69,71-74,76-82H,3-13,15,17-19,21-32,34-35,37,39-43,45,47-51H2,1-2H3,(H,70,75)/b16-14-,33-20-,38-36+,46-44+. The van der Waals surface area contributed by atoms with Gasteiger partial charge in [-0.15, -0.1) is 0 Å². The Kier molecular flexibility index (Phi) is 46.5. The summed E-state index contributed by atoms with van der Waals surface area (Å²) in [6, 6.07) is -0.999. The summed E-state index contributed by atoms with van der Waals surface area (Å²) in [5.41, 5.74) is 0. The topological polar surface area (TPSA) is 307 Å².